The van der Waals surface area contributed by atoms with Crippen molar-refractivity contribution in [2.45, 2.75) is 6.92 Å². The van der Waals surface area contributed by atoms with Crippen LogP contribution < -0.4 is 15.2 Å². The molecule has 0 atom stereocenters. The van der Waals surface area contributed by atoms with Crippen LogP contribution in [0, 0.1) is 0 Å². The standard InChI is InChI=1S/C20H20N2O/c1-2-23-20-15-13-19(14-16-20)22(18-11-7-4-8-12-18)21-17-9-5-3-6-10-17/h3-16,21H,2H2,1H3. The van der Waals surface area contributed by atoms with Crippen molar-refractivity contribution in [3.8, 4) is 5.75 Å². The minimum absolute atomic E-state index is 0.671. The summed E-state index contributed by atoms with van der Waals surface area (Å²) in [6.45, 7) is 2.66. The van der Waals surface area contributed by atoms with E-state index in [9.17, 15) is 0 Å². The predicted molar refractivity (Wildman–Crippen MR) is 96.3 cm³/mol. The number of anilines is 3. The lowest BCUT2D eigenvalue weighted by Gasteiger charge is -2.26. The zero-order chi connectivity index (χ0) is 15.9. The second kappa shape index (κ2) is 7.36. The van der Waals surface area contributed by atoms with Crippen LogP contribution in [0.2, 0.25) is 0 Å². The summed E-state index contributed by atoms with van der Waals surface area (Å²) in [5, 5.41) is 2.06. The first kappa shape index (κ1) is 15.0. The monoisotopic (exact) mass is 304 g/mol. The van der Waals surface area contributed by atoms with E-state index in [0.717, 1.165) is 22.8 Å². The molecule has 0 bridgehead atoms. The largest absolute Gasteiger partial charge is 0.494 e. The molecule has 0 heterocycles. The molecule has 3 heteroatoms. The van der Waals surface area contributed by atoms with Crippen molar-refractivity contribution in [1.82, 2.24) is 0 Å². The first-order valence-corrected chi connectivity index (χ1v) is 7.76. The van der Waals surface area contributed by atoms with Crippen molar-refractivity contribution in [2.24, 2.45) is 0 Å². The summed E-state index contributed by atoms with van der Waals surface area (Å²) in [5.74, 6) is 0.879. The second-order valence-corrected chi connectivity index (χ2v) is 5.08. The van der Waals surface area contributed by atoms with E-state index in [-0.39, 0.29) is 0 Å². The minimum atomic E-state index is 0.671. The Morgan fingerprint density at radius 2 is 1.30 bits per heavy atom. The zero-order valence-electron chi connectivity index (χ0n) is 13.1. The molecule has 0 saturated carbocycles. The molecule has 23 heavy (non-hydrogen) atoms. The molecular weight excluding hydrogens is 284 g/mol. The van der Waals surface area contributed by atoms with Gasteiger partial charge in [-0.1, -0.05) is 36.4 Å². The minimum Gasteiger partial charge on any atom is -0.494 e. The number of rotatable bonds is 6. The van der Waals surface area contributed by atoms with Gasteiger partial charge >= 0.3 is 0 Å². The number of nitrogens with one attached hydrogen (secondary N) is 1. The van der Waals surface area contributed by atoms with Gasteiger partial charge in [0.1, 0.15) is 5.75 Å². The van der Waals surface area contributed by atoms with E-state index in [0.29, 0.717) is 6.61 Å². The van der Waals surface area contributed by atoms with Gasteiger partial charge in [-0.05, 0) is 55.5 Å². The van der Waals surface area contributed by atoms with Crippen molar-refractivity contribution in [1.29, 1.82) is 0 Å². The third-order valence-electron chi connectivity index (χ3n) is 3.44. The number of nitrogens with zero attached hydrogens (tertiary/aromatic N) is 1. The molecule has 3 rings (SSSR count). The third-order valence-corrected chi connectivity index (χ3v) is 3.44. The Kier molecular flexibility index (Phi) is 4.79. The van der Waals surface area contributed by atoms with E-state index in [1.54, 1.807) is 0 Å². The van der Waals surface area contributed by atoms with Crippen molar-refractivity contribution in [3.05, 3.63) is 84.9 Å². The highest BCUT2D eigenvalue weighted by Crippen LogP contribution is 2.27. The normalized spacial score (nSPS) is 10.1. The first-order valence-electron chi connectivity index (χ1n) is 7.76. The number of hydrazine groups is 1. The van der Waals surface area contributed by atoms with Gasteiger partial charge in [-0.3, -0.25) is 10.4 Å². The summed E-state index contributed by atoms with van der Waals surface area (Å²) in [5.41, 5.74) is 6.60. The van der Waals surface area contributed by atoms with E-state index in [4.69, 9.17) is 4.74 Å². The highest BCUT2D eigenvalue weighted by molar-refractivity contribution is 5.68. The molecule has 0 aliphatic rings. The topological polar surface area (TPSA) is 24.5 Å². The SMILES string of the molecule is CCOc1ccc(N(Nc2ccccc2)c2ccccc2)cc1. The fraction of sp³-hybridized carbons (Fsp3) is 0.100. The van der Waals surface area contributed by atoms with Crippen LogP contribution in [-0.2, 0) is 0 Å². The van der Waals surface area contributed by atoms with Gasteiger partial charge in [0.2, 0.25) is 0 Å². The van der Waals surface area contributed by atoms with E-state index < -0.39 is 0 Å². The van der Waals surface area contributed by atoms with Crippen LogP contribution in [0.5, 0.6) is 5.75 Å². The molecule has 0 aliphatic heterocycles. The Labute approximate surface area is 137 Å². The lowest BCUT2D eigenvalue weighted by Crippen LogP contribution is -2.24. The smallest absolute Gasteiger partial charge is 0.119 e. The summed E-state index contributed by atoms with van der Waals surface area (Å²) < 4.78 is 5.53. The molecule has 0 radical (unpaired) electrons. The van der Waals surface area contributed by atoms with Crippen LogP contribution in [0.3, 0.4) is 0 Å². The number of benzene rings is 3. The van der Waals surface area contributed by atoms with Gasteiger partial charge < -0.3 is 4.74 Å². The summed E-state index contributed by atoms with van der Waals surface area (Å²) in [4.78, 5) is 0. The number of ether oxygens (including phenoxy) is 1. The van der Waals surface area contributed by atoms with Crippen LogP contribution in [-0.4, -0.2) is 6.61 Å². The second-order valence-electron chi connectivity index (χ2n) is 5.08. The Hall–Kier alpha value is -2.94. The molecule has 1 N–H and O–H groups in total. The molecule has 0 aromatic heterocycles. The molecular formula is C20H20N2O. The maximum atomic E-state index is 5.53. The fourth-order valence-electron chi connectivity index (χ4n) is 2.36. The predicted octanol–water partition coefficient (Wildman–Crippen LogP) is 5.25. The van der Waals surface area contributed by atoms with Crippen LogP contribution in [0.25, 0.3) is 0 Å². The Balaban J connectivity index is 1.91. The number of para-hydroxylation sites is 2. The van der Waals surface area contributed by atoms with E-state index in [1.807, 2.05) is 79.7 Å². The summed E-state index contributed by atoms with van der Waals surface area (Å²) in [6, 6.07) is 28.4. The molecule has 0 fully saturated rings. The molecule has 116 valence electrons. The molecule has 0 aliphatic carbocycles. The fourth-order valence-corrected chi connectivity index (χ4v) is 2.36. The molecule has 0 spiro atoms. The molecule has 0 saturated heterocycles. The van der Waals surface area contributed by atoms with Gasteiger partial charge in [0.25, 0.3) is 0 Å². The molecule has 3 aromatic rings. The van der Waals surface area contributed by atoms with Crippen LogP contribution >= 0.6 is 0 Å². The molecule has 0 amide bonds. The lowest BCUT2D eigenvalue weighted by molar-refractivity contribution is 0.340. The first-order chi connectivity index (χ1) is 11.4. The van der Waals surface area contributed by atoms with Crippen molar-refractivity contribution < 1.29 is 4.74 Å². The van der Waals surface area contributed by atoms with Gasteiger partial charge in [0, 0.05) is 0 Å². The average Bonchev–Trinajstić information content (AvgIpc) is 2.62. The number of hydrogen-bond donors (Lipinski definition) is 1. The lowest BCUT2D eigenvalue weighted by atomic mass is 10.2. The van der Waals surface area contributed by atoms with Crippen molar-refractivity contribution in [3.63, 3.8) is 0 Å². The van der Waals surface area contributed by atoms with Gasteiger partial charge in [-0.25, -0.2) is 0 Å². The molecule has 0 unspecified atom stereocenters. The highest BCUT2D eigenvalue weighted by Gasteiger charge is 2.09. The molecule has 3 nitrogen and oxygen atoms in total. The molecule has 3 aromatic carbocycles. The Morgan fingerprint density at radius 3 is 1.91 bits per heavy atom. The van der Waals surface area contributed by atoms with E-state index >= 15 is 0 Å². The Bertz CT molecular complexity index is 712. The number of hydrogen-bond acceptors (Lipinski definition) is 3. The summed E-state index contributed by atoms with van der Waals surface area (Å²) in [7, 11) is 0. The summed E-state index contributed by atoms with van der Waals surface area (Å²) >= 11 is 0. The Morgan fingerprint density at radius 1 is 0.739 bits per heavy atom. The third kappa shape index (κ3) is 3.83. The average molecular weight is 304 g/mol. The van der Waals surface area contributed by atoms with Crippen LogP contribution in [0.15, 0.2) is 84.9 Å². The van der Waals surface area contributed by atoms with E-state index in [1.165, 1.54) is 0 Å². The van der Waals surface area contributed by atoms with Gasteiger partial charge in [0.15, 0.2) is 0 Å². The van der Waals surface area contributed by atoms with Gasteiger partial charge in [0.05, 0.1) is 23.7 Å². The zero-order valence-corrected chi connectivity index (χ0v) is 13.1. The van der Waals surface area contributed by atoms with Crippen LogP contribution in [0.1, 0.15) is 6.92 Å². The van der Waals surface area contributed by atoms with Crippen molar-refractivity contribution in [2.75, 3.05) is 17.0 Å². The quantitative estimate of drug-likeness (QED) is 0.629. The maximum Gasteiger partial charge on any atom is 0.119 e. The van der Waals surface area contributed by atoms with Crippen LogP contribution in [0.4, 0.5) is 17.1 Å². The summed E-state index contributed by atoms with van der Waals surface area (Å²) in [6.07, 6.45) is 0. The maximum absolute atomic E-state index is 5.53. The highest BCUT2D eigenvalue weighted by atomic mass is 16.5. The van der Waals surface area contributed by atoms with Crippen molar-refractivity contribution >= 4 is 17.1 Å². The van der Waals surface area contributed by atoms with Gasteiger partial charge in [-0.15, -0.1) is 0 Å². The van der Waals surface area contributed by atoms with Gasteiger partial charge in [-0.2, -0.15) is 0 Å². The van der Waals surface area contributed by atoms with E-state index in [2.05, 4.69) is 22.6 Å².